The van der Waals surface area contributed by atoms with E-state index in [1.54, 1.807) is 16.6 Å². The third kappa shape index (κ3) is 1.95. The van der Waals surface area contributed by atoms with Gasteiger partial charge in [0.05, 0.1) is 11.8 Å². The summed E-state index contributed by atoms with van der Waals surface area (Å²) < 4.78 is 1.62. The summed E-state index contributed by atoms with van der Waals surface area (Å²) in [7, 11) is 1.78. The van der Waals surface area contributed by atoms with E-state index in [2.05, 4.69) is 5.10 Å². The van der Waals surface area contributed by atoms with Crippen LogP contribution in [0.2, 0.25) is 0 Å². The molecule has 1 saturated heterocycles. The molecule has 1 aromatic heterocycles. The topological polar surface area (TPSA) is 58.4 Å². The monoisotopic (exact) mass is 223 g/mol. The highest BCUT2D eigenvalue weighted by Gasteiger charge is 2.27. The molecule has 1 aromatic rings. The number of aromatic nitrogens is 2. The second kappa shape index (κ2) is 4.25. The SMILES string of the molecule is CCc1cc(C(=O)N2CCC(O)C2)n(C)n1. The molecule has 0 aromatic carbocycles. The van der Waals surface area contributed by atoms with E-state index >= 15 is 0 Å². The van der Waals surface area contributed by atoms with E-state index < -0.39 is 0 Å². The van der Waals surface area contributed by atoms with Gasteiger partial charge in [0, 0.05) is 20.1 Å². The minimum Gasteiger partial charge on any atom is -0.391 e. The summed E-state index contributed by atoms with van der Waals surface area (Å²) in [5, 5.41) is 13.6. The first kappa shape index (κ1) is 11.1. The third-order valence-electron chi connectivity index (χ3n) is 2.96. The van der Waals surface area contributed by atoms with Gasteiger partial charge in [0.25, 0.3) is 5.91 Å². The van der Waals surface area contributed by atoms with E-state index in [9.17, 15) is 9.90 Å². The van der Waals surface area contributed by atoms with Gasteiger partial charge in [0.2, 0.25) is 0 Å². The predicted molar refractivity (Wildman–Crippen MR) is 59.1 cm³/mol. The molecule has 2 heterocycles. The Balaban J connectivity index is 2.17. The molecule has 5 nitrogen and oxygen atoms in total. The van der Waals surface area contributed by atoms with Crippen LogP contribution in [-0.4, -0.2) is 44.9 Å². The quantitative estimate of drug-likeness (QED) is 0.778. The minimum atomic E-state index is -0.372. The number of β-amino-alcohol motifs (C(OH)–C–C–N with tert-alkyl or cyclic N) is 1. The predicted octanol–water partition coefficient (Wildman–Crippen LogP) is 0.189. The second-order valence-corrected chi connectivity index (χ2v) is 4.19. The molecule has 88 valence electrons. The fourth-order valence-corrected chi connectivity index (χ4v) is 1.99. The van der Waals surface area contributed by atoms with Crippen molar-refractivity contribution in [2.24, 2.45) is 7.05 Å². The van der Waals surface area contributed by atoms with Crippen LogP contribution in [0.15, 0.2) is 6.07 Å². The highest BCUT2D eigenvalue weighted by Crippen LogP contribution is 2.14. The summed E-state index contributed by atoms with van der Waals surface area (Å²) in [6.45, 7) is 3.08. The minimum absolute atomic E-state index is 0.0359. The van der Waals surface area contributed by atoms with Crippen LogP contribution in [0, 0.1) is 0 Å². The number of nitrogens with zero attached hydrogens (tertiary/aromatic N) is 3. The van der Waals surface area contributed by atoms with Gasteiger partial charge < -0.3 is 10.0 Å². The molecule has 1 fully saturated rings. The lowest BCUT2D eigenvalue weighted by Crippen LogP contribution is -2.31. The summed E-state index contributed by atoms with van der Waals surface area (Å²) in [6.07, 6.45) is 1.12. The molecule has 0 spiro atoms. The number of aryl methyl sites for hydroxylation is 2. The van der Waals surface area contributed by atoms with E-state index in [-0.39, 0.29) is 12.0 Å². The summed E-state index contributed by atoms with van der Waals surface area (Å²) >= 11 is 0. The Morgan fingerprint density at radius 3 is 2.94 bits per heavy atom. The average Bonchev–Trinajstić information content (AvgIpc) is 2.83. The summed E-state index contributed by atoms with van der Waals surface area (Å²) in [4.78, 5) is 13.8. The molecule has 1 aliphatic heterocycles. The third-order valence-corrected chi connectivity index (χ3v) is 2.96. The molecule has 16 heavy (non-hydrogen) atoms. The highest BCUT2D eigenvalue weighted by molar-refractivity contribution is 5.92. The lowest BCUT2D eigenvalue weighted by molar-refractivity contribution is 0.0754. The smallest absolute Gasteiger partial charge is 0.272 e. The van der Waals surface area contributed by atoms with Gasteiger partial charge in [-0.1, -0.05) is 6.92 Å². The van der Waals surface area contributed by atoms with E-state index in [1.165, 1.54) is 0 Å². The Morgan fingerprint density at radius 2 is 2.44 bits per heavy atom. The number of amides is 1. The Kier molecular flexibility index (Phi) is 2.96. The molecule has 1 aliphatic rings. The first-order valence-corrected chi connectivity index (χ1v) is 5.62. The van der Waals surface area contributed by atoms with Crippen LogP contribution in [0.5, 0.6) is 0 Å². The van der Waals surface area contributed by atoms with Crippen LogP contribution >= 0.6 is 0 Å². The Labute approximate surface area is 94.7 Å². The van der Waals surface area contributed by atoms with Crippen molar-refractivity contribution in [3.63, 3.8) is 0 Å². The number of aliphatic hydroxyl groups is 1. The molecule has 1 N–H and O–H groups in total. The summed E-state index contributed by atoms with van der Waals surface area (Å²) in [5.41, 5.74) is 1.52. The molecule has 0 radical (unpaired) electrons. The second-order valence-electron chi connectivity index (χ2n) is 4.19. The number of rotatable bonds is 2. The van der Waals surface area contributed by atoms with Crippen molar-refractivity contribution in [3.8, 4) is 0 Å². The largest absolute Gasteiger partial charge is 0.391 e. The van der Waals surface area contributed by atoms with Crippen molar-refractivity contribution in [1.29, 1.82) is 0 Å². The Bertz CT molecular complexity index is 400. The van der Waals surface area contributed by atoms with Gasteiger partial charge >= 0.3 is 0 Å². The van der Waals surface area contributed by atoms with Crippen LogP contribution < -0.4 is 0 Å². The summed E-state index contributed by atoms with van der Waals surface area (Å²) in [6, 6.07) is 1.83. The highest BCUT2D eigenvalue weighted by atomic mass is 16.3. The average molecular weight is 223 g/mol. The van der Waals surface area contributed by atoms with Gasteiger partial charge in [-0.15, -0.1) is 0 Å². The van der Waals surface area contributed by atoms with Crippen LogP contribution in [0.4, 0.5) is 0 Å². The maximum absolute atomic E-state index is 12.1. The van der Waals surface area contributed by atoms with Crippen molar-refractivity contribution in [3.05, 3.63) is 17.5 Å². The Hall–Kier alpha value is -1.36. The normalized spacial score (nSPS) is 20.4. The number of likely N-dealkylation sites (tertiary alicyclic amines) is 1. The van der Waals surface area contributed by atoms with Crippen molar-refractivity contribution < 1.29 is 9.90 Å². The molecule has 0 aliphatic carbocycles. The van der Waals surface area contributed by atoms with Gasteiger partial charge in [-0.05, 0) is 18.9 Å². The maximum Gasteiger partial charge on any atom is 0.272 e. The van der Waals surface area contributed by atoms with Crippen molar-refractivity contribution in [2.45, 2.75) is 25.9 Å². The fraction of sp³-hybridized carbons (Fsp3) is 0.636. The molecule has 1 atom stereocenters. The number of aliphatic hydroxyl groups excluding tert-OH is 1. The van der Waals surface area contributed by atoms with Crippen molar-refractivity contribution in [2.75, 3.05) is 13.1 Å². The van der Waals surface area contributed by atoms with E-state index in [4.69, 9.17) is 0 Å². The van der Waals surface area contributed by atoms with E-state index in [1.807, 2.05) is 13.0 Å². The van der Waals surface area contributed by atoms with Crippen LogP contribution in [0.3, 0.4) is 0 Å². The van der Waals surface area contributed by atoms with E-state index in [0.717, 1.165) is 12.1 Å². The number of hydrogen-bond donors (Lipinski definition) is 1. The molecule has 0 bridgehead atoms. The van der Waals surface area contributed by atoms with Crippen LogP contribution in [0.1, 0.15) is 29.5 Å². The zero-order chi connectivity index (χ0) is 11.7. The number of carbonyl (C=O) groups excluding carboxylic acids is 1. The lowest BCUT2D eigenvalue weighted by atomic mass is 10.3. The molecule has 0 saturated carbocycles. The van der Waals surface area contributed by atoms with Gasteiger partial charge in [-0.2, -0.15) is 5.10 Å². The summed E-state index contributed by atoms with van der Waals surface area (Å²) in [5.74, 6) is -0.0359. The van der Waals surface area contributed by atoms with Crippen LogP contribution in [0.25, 0.3) is 0 Å². The zero-order valence-electron chi connectivity index (χ0n) is 9.68. The number of hydrogen-bond acceptors (Lipinski definition) is 3. The Morgan fingerprint density at radius 1 is 1.69 bits per heavy atom. The lowest BCUT2D eigenvalue weighted by Gasteiger charge is -2.14. The number of carbonyl (C=O) groups is 1. The van der Waals surface area contributed by atoms with Gasteiger partial charge in [0.1, 0.15) is 5.69 Å². The molecule has 1 unspecified atom stereocenters. The fourth-order valence-electron chi connectivity index (χ4n) is 1.99. The first-order chi connectivity index (χ1) is 7.61. The zero-order valence-corrected chi connectivity index (χ0v) is 9.68. The molecule has 5 heteroatoms. The standard InChI is InChI=1S/C11H17N3O2/c1-3-8-6-10(13(2)12-8)11(16)14-5-4-9(15)7-14/h6,9,15H,3-5,7H2,1-2H3. The van der Waals surface area contributed by atoms with Gasteiger partial charge in [-0.3, -0.25) is 9.48 Å². The van der Waals surface area contributed by atoms with Gasteiger partial charge in [-0.25, -0.2) is 0 Å². The molecule has 1 amide bonds. The molecular weight excluding hydrogens is 206 g/mol. The van der Waals surface area contributed by atoms with Crippen LogP contribution in [-0.2, 0) is 13.5 Å². The van der Waals surface area contributed by atoms with Gasteiger partial charge in [0.15, 0.2) is 0 Å². The molecular formula is C11H17N3O2. The van der Waals surface area contributed by atoms with Crippen molar-refractivity contribution in [1.82, 2.24) is 14.7 Å². The van der Waals surface area contributed by atoms with E-state index in [0.29, 0.717) is 25.2 Å². The first-order valence-electron chi connectivity index (χ1n) is 5.62. The maximum atomic E-state index is 12.1. The molecule has 2 rings (SSSR count). The van der Waals surface area contributed by atoms with Crippen molar-refractivity contribution >= 4 is 5.91 Å².